The summed E-state index contributed by atoms with van der Waals surface area (Å²) in [5.74, 6) is 0.483. The van der Waals surface area contributed by atoms with Crippen molar-refractivity contribution in [3.63, 3.8) is 0 Å². The van der Waals surface area contributed by atoms with Gasteiger partial charge in [0.1, 0.15) is 0 Å². The van der Waals surface area contributed by atoms with Gasteiger partial charge in [-0.2, -0.15) is 0 Å². The van der Waals surface area contributed by atoms with E-state index in [0.29, 0.717) is 16.1 Å². The molecule has 3 aromatic carbocycles. The van der Waals surface area contributed by atoms with Crippen LogP contribution in [0.3, 0.4) is 0 Å². The summed E-state index contributed by atoms with van der Waals surface area (Å²) in [6.45, 7) is 1.96. The Morgan fingerprint density at radius 2 is 1.58 bits per heavy atom. The third-order valence-corrected chi connectivity index (χ3v) is 5.79. The first-order valence-electron chi connectivity index (χ1n) is 9.75. The molecule has 5 nitrogen and oxygen atoms in total. The Bertz CT molecular complexity index is 1150. The summed E-state index contributed by atoms with van der Waals surface area (Å²) in [7, 11) is 0. The van der Waals surface area contributed by atoms with Gasteiger partial charge in [-0.25, -0.2) is 0 Å². The largest absolute Gasteiger partial charge is 0.411 e. The second-order valence-electron chi connectivity index (χ2n) is 6.95. The molecule has 0 fully saturated rings. The lowest BCUT2D eigenvalue weighted by atomic mass is 10.0. The molecule has 0 radical (unpaired) electrons. The van der Waals surface area contributed by atoms with Crippen LogP contribution in [0.15, 0.2) is 88.5 Å². The van der Waals surface area contributed by atoms with E-state index in [2.05, 4.69) is 39.8 Å². The minimum atomic E-state index is -0.106. The number of aromatic nitrogens is 2. The van der Waals surface area contributed by atoms with Crippen LogP contribution in [0.1, 0.15) is 18.5 Å². The Kier molecular flexibility index (Phi) is 6.70. The fourth-order valence-corrected chi connectivity index (χ4v) is 3.77. The molecular formula is C24H20ClN3O2S. The summed E-state index contributed by atoms with van der Waals surface area (Å²) in [6.07, 6.45) is 0. The molecule has 156 valence electrons. The minimum absolute atomic E-state index is 0.101. The van der Waals surface area contributed by atoms with E-state index in [1.165, 1.54) is 17.3 Å². The van der Waals surface area contributed by atoms with Gasteiger partial charge >= 0.3 is 0 Å². The van der Waals surface area contributed by atoms with Gasteiger partial charge in [-0.1, -0.05) is 78.0 Å². The van der Waals surface area contributed by atoms with Crippen molar-refractivity contribution in [1.82, 2.24) is 15.5 Å². The third kappa shape index (κ3) is 5.54. The number of carbonyl (C=O) groups excluding carboxylic acids is 1. The maximum Gasteiger partial charge on any atom is 0.277 e. The lowest BCUT2D eigenvalue weighted by Crippen LogP contribution is -2.28. The Hall–Kier alpha value is -3.09. The molecule has 0 aliphatic carbocycles. The fraction of sp³-hybridized carbons (Fsp3) is 0.125. The zero-order valence-corrected chi connectivity index (χ0v) is 18.4. The van der Waals surface area contributed by atoms with Crippen molar-refractivity contribution in [1.29, 1.82) is 0 Å². The van der Waals surface area contributed by atoms with Crippen molar-refractivity contribution in [2.45, 2.75) is 18.2 Å². The van der Waals surface area contributed by atoms with Gasteiger partial charge in [-0.3, -0.25) is 4.79 Å². The molecule has 0 saturated carbocycles. The smallest absolute Gasteiger partial charge is 0.277 e. The van der Waals surface area contributed by atoms with Crippen LogP contribution in [0.2, 0.25) is 5.02 Å². The standard InChI is InChI=1S/C24H20ClN3O2S/c1-16(17-7-9-19(10-8-17)18-5-3-2-4-6-18)26-22(29)15-31-24-28-27-23(30-24)20-11-13-21(25)14-12-20/h2-14,16H,15H2,1H3,(H,26,29). The molecular weight excluding hydrogens is 430 g/mol. The van der Waals surface area contributed by atoms with Gasteiger partial charge in [-0.15, -0.1) is 10.2 Å². The second kappa shape index (κ2) is 9.81. The SMILES string of the molecule is CC(NC(=O)CSc1nnc(-c2ccc(Cl)cc2)o1)c1ccc(-c2ccccc2)cc1. The number of rotatable bonds is 7. The van der Waals surface area contributed by atoms with Crippen molar-refractivity contribution < 1.29 is 9.21 Å². The van der Waals surface area contributed by atoms with Crippen molar-refractivity contribution in [3.8, 4) is 22.6 Å². The van der Waals surface area contributed by atoms with Gasteiger partial charge in [0.15, 0.2) is 0 Å². The maximum absolute atomic E-state index is 12.4. The van der Waals surface area contributed by atoms with Gasteiger partial charge in [0.2, 0.25) is 11.8 Å². The van der Waals surface area contributed by atoms with Crippen molar-refractivity contribution in [2.24, 2.45) is 0 Å². The first-order chi connectivity index (χ1) is 15.1. The quantitative estimate of drug-likeness (QED) is 0.349. The topological polar surface area (TPSA) is 68.0 Å². The predicted octanol–water partition coefficient (Wildman–Crippen LogP) is 6.03. The Morgan fingerprint density at radius 1 is 0.935 bits per heavy atom. The highest BCUT2D eigenvalue weighted by Gasteiger charge is 2.14. The summed E-state index contributed by atoms with van der Waals surface area (Å²) in [5.41, 5.74) is 4.13. The molecule has 0 bridgehead atoms. The van der Waals surface area contributed by atoms with E-state index < -0.39 is 0 Å². The minimum Gasteiger partial charge on any atom is -0.411 e. The fourth-order valence-electron chi connectivity index (χ4n) is 3.07. The molecule has 0 aliphatic heterocycles. The zero-order chi connectivity index (χ0) is 21.6. The normalized spacial score (nSPS) is 11.8. The molecule has 0 spiro atoms. The number of nitrogens with one attached hydrogen (secondary N) is 1. The number of hydrogen-bond donors (Lipinski definition) is 1. The van der Waals surface area contributed by atoms with Crippen LogP contribution in [-0.2, 0) is 4.79 Å². The van der Waals surface area contributed by atoms with Crippen molar-refractivity contribution in [3.05, 3.63) is 89.4 Å². The van der Waals surface area contributed by atoms with Gasteiger partial charge in [0.05, 0.1) is 11.8 Å². The van der Waals surface area contributed by atoms with Crippen LogP contribution in [-0.4, -0.2) is 21.9 Å². The van der Waals surface area contributed by atoms with E-state index >= 15 is 0 Å². The molecule has 4 rings (SSSR count). The Morgan fingerprint density at radius 3 is 2.29 bits per heavy atom. The molecule has 1 aromatic heterocycles. The number of hydrogen-bond acceptors (Lipinski definition) is 5. The molecule has 31 heavy (non-hydrogen) atoms. The number of halogens is 1. The highest BCUT2D eigenvalue weighted by molar-refractivity contribution is 7.99. The summed E-state index contributed by atoms with van der Waals surface area (Å²) >= 11 is 7.10. The molecule has 1 atom stereocenters. The molecule has 1 amide bonds. The number of amides is 1. The van der Waals surface area contributed by atoms with Crippen molar-refractivity contribution in [2.75, 3.05) is 5.75 Å². The second-order valence-corrected chi connectivity index (χ2v) is 8.31. The van der Waals surface area contributed by atoms with Crippen LogP contribution in [0.5, 0.6) is 0 Å². The first kappa shape index (κ1) is 21.2. The lowest BCUT2D eigenvalue weighted by Gasteiger charge is -2.14. The monoisotopic (exact) mass is 449 g/mol. The number of benzene rings is 3. The van der Waals surface area contributed by atoms with E-state index in [1.54, 1.807) is 12.1 Å². The highest BCUT2D eigenvalue weighted by atomic mass is 35.5. The van der Waals surface area contributed by atoms with Gasteiger partial charge in [0, 0.05) is 10.6 Å². The van der Waals surface area contributed by atoms with E-state index in [-0.39, 0.29) is 17.7 Å². The third-order valence-electron chi connectivity index (χ3n) is 4.72. The average molecular weight is 450 g/mol. The van der Waals surface area contributed by atoms with Gasteiger partial charge < -0.3 is 9.73 Å². The van der Waals surface area contributed by atoms with Crippen LogP contribution < -0.4 is 5.32 Å². The van der Waals surface area contributed by atoms with E-state index in [1.807, 2.05) is 49.4 Å². The van der Waals surface area contributed by atoms with Crippen LogP contribution in [0.25, 0.3) is 22.6 Å². The van der Waals surface area contributed by atoms with Gasteiger partial charge in [0.25, 0.3) is 5.22 Å². The first-order valence-corrected chi connectivity index (χ1v) is 11.1. The molecule has 4 aromatic rings. The molecule has 0 saturated heterocycles. The average Bonchev–Trinajstić information content (AvgIpc) is 3.28. The molecule has 1 unspecified atom stereocenters. The van der Waals surface area contributed by atoms with E-state index in [9.17, 15) is 4.79 Å². The molecule has 1 N–H and O–H groups in total. The summed E-state index contributed by atoms with van der Waals surface area (Å²) < 4.78 is 5.62. The highest BCUT2D eigenvalue weighted by Crippen LogP contribution is 2.25. The van der Waals surface area contributed by atoms with Gasteiger partial charge in [-0.05, 0) is 47.9 Å². The molecule has 7 heteroatoms. The Balaban J connectivity index is 1.30. The number of nitrogens with zero attached hydrogens (tertiary/aromatic N) is 2. The predicted molar refractivity (Wildman–Crippen MR) is 124 cm³/mol. The zero-order valence-electron chi connectivity index (χ0n) is 16.8. The van der Waals surface area contributed by atoms with E-state index in [0.717, 1.165) is 16.7 Å². The molecule has 0 aliphatic rings. The Labute approximate surface area is 189 Å². The van der Waals surface area contributed by atoms with Crippen LogP contribution in [0, 0.1) is 0 Å². The van der Waals surface area contributed by atoms with Crippen LogP contribution in [0.4, 0.5) is 0 Å². The lowest BCUT2D eigenvalue weighted by molar-refractivity contribution is -0.119. The number of carbonyl (C=O) groups is 1. The maximum atomic E-state index is 12.4. The summed E-state index contributed by atoms with van der Waals surface area (Å²) in [6, 6.07) is 25.4. The molecule has 1 heterocycles. The summed E-state index contributed by atoms with van der Waals surface area (Å²) in [4.78, 5) is 12.4. The van der Waals surface area contributed by atoms with Crippen LogP contribution >= 0.6 is 23.4 Å². The van der Waals surface area contributed by atoms with Crippen molar-refractivity contribution >= 4 is 29.3 Å². The number of thioether (sulfide) groups is 1. The van der Waals surface area contributed by atoms with E-state index in [4.69, 9.17) is 16.0 Å². The summed E-state index contributed by atoms with van der Waals surface area (Å²) in [5, 5.41) is 12.0.